The van der Waals surface area contributed by atoms with E-state index in [1.165, 1.54) is 0 Å². The quantitative estimate of drug-likeness (QED) is 0.144. The van der Waals surface area contributed by atoms with Crippen molar-refractivity contribution in [2.75, 3.05) is 6.61 Å². The second-order valence-electron chi connectivity index (χ2n) is 5.93. The van der Waals surface area contributed by atoms with Gasteiger partial charge in [-0.2, -0.15) is 13.0 Å². The van der Waals surface area contributed by atoms with Gasteiger partial charge >= 0.3 is 23.5 Å². The number of alkyl halides is 1. The first-order valence-corrected chi connectivity index (χ1v) is 12.6. The molecule has 32 heavy (non-hydrogen) atoms. The van der Waals surface area contributed by atoms with Crippen molar-refractivity contribution in [3.05, 3.63) is 27.1 Å². The number of terminal acetylenes is 1. The number of aromatic amines is 1. The molecular weight excluding hydrogens is 531 g/mol. The van der Waals surface area contributed by atoms with Crippen LogP contribution in [0.15, 0.2) is 11.0 Å². The summed E-state index contributed by atoms with van der Waals surface area (Å²) in [7, 11) is -17.1. The van der Waals surface area contributed by atoms with Crippen LogP contribution in [-0.4, -0.2) is 58.7 Å². The van der Waals surface area contributed by atoms with Gasteiger partial charge in [-0.05, 0) is 12.2 Å². The fourth-order valence-corrected chi connectivity index (χ4v) is 5.69. The maximum Gasteiger partial charge on any atom is 0.490 e. The highest BCUT2D eigenvalue weighted by atomic mass is 32.1. The molecule has 0 aromatic carbocycles. The van der Waals surface area contributed by atoms with Crippen molar-refractivity contribution in [3.63, 3.8) is 0 Å². The Morgan fingerprint density at radius 2 is 1.88 bits per heavy atom. The van der Waals surface area contributed by atoms with Gasteiger partial charge in [0.05, 0.1) is 12.8 Å². The van der Waals surface area contributed by atoms with E-state index in [0.717, 1.165) is 0 Å². The third-order valence-electron chi connectivity index (χ3n) is 3.65. The highest BCUT2D eigenvalue weighted by Crippen LogP contribution is 2.66. The molecule has 0 radical (unpaired) electrons. The van der Waals surface area contributed by atoms with Crippen molar-refractivity contribution >= 4 is 35.7 Å². The maximum absolute atomic E-state index is 14.8. The van der Waals surface area contributed by atoms with E-state index in [-0.39, 0.29) is 0 Å². The third-order valence-corrected chi connectivity index (χ3v) is 7.77. The van der Waals surface area contributed by atoms with E-state index >= 15 is 0 Å². The van der Waals surface area contributed by atoms with Gasteiger partial charge in [0, 0.05) is 0 Å². The molecule has 1 aromatic heterocycles. The SMILES string of the molecule is C#CC1(O)[C@@H](F)[C@@H](COP(=O)(O)OP(=O)(O)OP(=O)(O)O)O[C@H]1n1cc(F)c(=O)[nH]c1=S. The first kappa shape index (κ1) is 27.1. The van der Waals surface area contributed by atoms with Crippen molar-refractivity contribution in [3.8, 4) is 12.3 Å². The van der Waals surface area contributed by atoms with Crippen LogP contribution in [0.3, 0.4) is 0 Å². The van der Waals surface area contributed by atoms with Crippen LogP contribution >= 0.6 is 35.7 Å². The maximum atomic E-state index is 14.8. The summed E-state index contributed by atoms with van der Waals surface area (Å²) in [6.07, 6.45) is -0.992. The smallest absolute Gasteiger partial charge is 0.371 e. The molecule has 15 nitrogen and oxygen atoms in total. The number of aliphatic hydroxyl groups is 1. The van der Waals surface area contributed by atoms with Crippen LogP contribution in [0.25, 0.3) is 0 Å². The van der Waals surface area contributed by atoms with Gasteiger partial charge in [-0.15, -0.1) is 6.42 Å². The summed E-state index contributed by atoms with van der Waals surface area (Å²) in [6.45, 7) is -1.30. The van der Waals surface area contributed by atoms with Crippen LogP contribution < -0.4 is 5.56 Å². The number of hydrogen-bond acceptors (Lipinski definition) is 10. The average Bonchev–Trinajstić information content (AvgIpc) is 2.85. The molecule has 1 aliphatic heterocycles. The lowest BCUT2D eigenvalue weighted by Crippen LogP contribution is -2.44. The molecule has 3 unspecified atom stereocenters. The Labute approximate surface area is 181 Å². The number of hydrogen-bond donors (Lipinski definition) is 6. The number of aromatic nitrogens is 2. The number of rotatable bonds is 8. The molecule has 180 valence electrons. The molecule has 21 heteroatoms. The molecule has 1 saturated heterocycles. The van der Waals surface area contributed by atoms with Crippen molar-refractivity contribution in [1.82, 2.24) is 9.55 Å². The number of phosphoric ester groups is 1. The van der Waals surface area contributed by atoms with Crippen molar-refractivity contribution in [1.29, 1.82) is 0 Å². The summed E-state index contributed by atoms with van der Waals surface area (Å²) >= 11 is 4.78. The van der Waals surface area contributed by atoms with Gasteiger partial charge in [0.15, 0.2) is 17.2 Å². The summed E-state index contributed by atoms with van der Waals surface area (Å²) < 4.78 is 78.3. The fraction of sp³-hybridized carbons (Fsp3) is 0.455. The van der Waals surface area contributed by atoms with Gasteiger partial charge in [-0.3, -0.25) is 18.9 Å². The topological polar surface area (TPSA) is 227 Å². The van der Waals surface area contributed by atoms with Gasteiger partial charge < -0.3 is 29.4 Å². The second-order valence-corrected chi connectivity index (χ2v) is 10.7. The summed E-state index contributed by atoms with van der Waals surface area (Å²) in [6, 6.07) is 0. The van der Waals surface area contributed by atoms with E-state index < -0.39 is 70.3 Å². The molecule has 0 aliphatic carbocycles. The van der Waals surface area contributed by atoms with E-state index in [9.17, 15) is 37.3 Å². The standard InChI is InChI=1S/C11H13F2N2O13P3S/c1-2-11(17)7(13)6(26-9(11)15-3-5(12)8(16)14-10(15)32)4-25-30(21,22)28-31(23,24)27-29(18,19)20/h1,3,6-7,9,17H,4H2,(H,21,22)(H,23,24)(H,14,16,32)(H2,18,19,20)/t6-,7+,9-,11?/m1/s1. The molecule has 1 aromatic rings. The van der Waals surface area contributed by atoms with Crippen LogP contribution in [0, 0.1) is 22.9 Å². The zero-order chi connectivity index (χ0) is 24.7. The van der Waals surface area contributed by atoms with Gasteiger partial charge in [0.2, 0.25) is 11.4 Å². The van der Waals surface area contributed by atoms with Gasteiger partial charge in [0.25, 0.3) is 5.56 Å². The summed E-state index contributed by atoms with van der Waals surface area (Å²) in [5.74, 6) is 0.247. The Kier molecular flexibility index (Phi) is 7.83. The van der Waals surface area contributed by atoms with E-state index in [1.54, 1.807) is 5.92 Å². The summed E-state index contributed by atoms with van der Waals surface area (Å²) in [4.78, 5) is 48.5. The Morgan fingerprint density at radius 1 is 1.28 bits per heavy atom. The molecule has 2 heterocycles. The molecule has 0 saturated carbocycles. The third kappa shape index (κ3) is 6.25. The zero-order valence-corrected chi connectivity index (χ0v) is 18.5. The molecule has 6 N–H and O–H groups in total. The largest absolute Gasteiger partial charge is 0.490 e. The number of H-pyrrole nitrogens is 1. The van der Waals surface area contributed by atoms with E-state index in [1.807, 2.05) is 4.98 Å². The normalized spacial score (nSPS) is 29.8. The van der Waals surface area contributed by atoms with Crippen molar-refractivity contribution < 1.29 is 65.0 Å². The van der Waals surface area contributed by atoms with Crippen LogP contribution in [0.4, 0.5) is 8.78 Å². The molecule has 6 atom stereocenters. The zero-order valence-electron chi connectivity index (χ0n) is 15.0. The first-order chi connectivity index (χ1) is 14.4. The Hall–Kier alpha value is -1.15. The Bertz CT molecular complexity index is 1190. The van der Waals surface area contributed by atoms with Crippen LogP contribution in [-0.2, 0) is 31.6 Å². The molecular formula is C11H13F2N2O13P3S. The number of phosphoric acid groups is 3. The van der Waals surface area contributed by atoms with Crippen LogP contribution in [0.5, 0.6) is 0 Å². The fourth-order valence-electron chi connectivity index (χ4n) is 2.42. The predicted molar refractivity (Wildman–Crippen MR) is 98.3 cm³/mol. The second kappa shape index (κ2) is 9.24. The lowest BCUT2D eigenvalue weighted by Gasteiger charge is -2.25. The predicted octanol–water partition coefficient (Wildman–Crippen LogP) is -0.0119. The van der Waals surface area contributed by atoms with E-state index in [2.05, 4.69) is 13.1 Å². The van der Waals surface area contributed by atoms with Crippen LogP contribution in [0.2, 0.25) is 0 Å². The van der Waals surface area contributed by atoms with Gasteiger partial charge in [-0.25, -0.2) is 18.1 Å². The first-order valence-electron chi connectivity index (χ1n) is 7.70. The van der Waals surface area contributed by atoms with Crippen molar-refractivity contribution in [2.45, 2.75) is 24.1 Å². The number of ether oxygens (including phenoxy) is 1. The Balaban J connectivity index is 2.23. The molecule has 0 spiro atoms. The highest BCUT2D eigenvalue weighted by Gasteiger charge is 2.57. The molecule has 1 aliphatic rings. The molecule has 2 rings (SSSR count). The highest BCUT2D eigenvalue weighted by molar-refractivity contribution is 7.71. The minimum Gasteiger partial charge on any atom is -0.371 e. The van der Waals surface area contributed by atoms with Gasteiger partial charge in [-0.1, -0.05) is 5.92 Å². The lowest BCUT2D eigenvalue weighted by atomic mass is 9.96. The monoisotopic (exact) mass is 544 g/mol. The molecule has 0 bridgehead atoms. The number of halogens is 2. The average molecular weight is 544 g/mol. The summed E-state index contributed by atoms with van der Waals surface area (Å²) in [5, 5.41) is 10.5. The Morgan fingerprint density at radius 3 is 2.41 bits per heavy atom. The van der Waals surface area contributed by atoms with Gasteiger partial charge in [0.1, 0.15) is 6.10 Å². The lowest BCUT2D eigenvalue weighted by molar-refractivity contribution is -0.0739. The number of nitrogens with zero attached hydrogens (tertiary/aromatic N) is 1. The minimum atomic E-state index is -5.83. The minimum absolute atomic E-state index is 0.450. The van der Waals surface area contributed by atoms with E-state index in [0.29, 0.717) is 10.8 Å². The van der Waals surface area contributed by atoms with E-state index in [4.69, 9.17) is 38.1 Å². The molecule has 1 fully saturated rings. The summed E-state index contributed by atoms with van der Waals surface area (Å²) in [5.41, 5.74) is -4.11. The number of nitrogens with one attached hydrogen (secondary N) is 1. The molecule has 0 amide bonds. The van der Waals surface area contributed by atoms with Crippen molar-refractivity contribution in [2.24, 2.45) is 0 Å². The van der Waals surface area contributed by atoms with Crippen LogP contribution in [0.1, 0.15) is 6.23 Å².